The molecule has 0 atom stereocenters. The minimum atomic E-state index is -0.874. The number of anilines is 1. The first kappa shape index (κ1) is 25.8. The van der Waals surface area contributed by atoms with Crippen molar-refractivity contribution in [2.24, 2.45) is 5.10 Å². The second-order valence-corrected chi connectivity index (χ2v) is 7.58. The summed E-state index contributed by atoms with van der Waals surface area (Å²) in [7, 11) is 0. The van der Waals surface area contributed by atoms with Crippen LogP contribution in [0.2, 0.25) is 5.02 Å². The Balaban J connectivity index is 1.74. The van der Waals surface area contributed by atoms with E-state index in [4.69, 9.17) is 21.1 Å². The molecular formula is C23H27ClN4O5. The van der Waals surface area contributed by atoms with Crippen molar-refractivity contribution < 1.29 is 23.9 Å². The van der Waals surface area contributed by atoms with E-state index in [2.05, 4.69) is 21.2 Å². The van der Waals surface area contributed by atoms with Crippen LogP contribution >= 0.6 is 11.6 Å². The predicted octanol–water partition coefficient (Wildman–Crippen LogP) is 2.74. The maximum Gasteiger partial charge on any atom is 0.329 e. The number of hydrazone groups is 1. The fourth-order valence-electron chi connectivity index (χ4n) is 2.49. The van der Waals surface area contributed by atoms with Gasteiger partial charge >= 0.3 is 11.8 Å². The van der Waals surface area contributed by atoms with Crippen LogP contribution in [0.15, 0.2) is 53.6 Å². The van der Waals surface area contributed by atoms with Gasteiger partial charge in [0.2, 0.25) is 0 Å². The first-order valence-corrected chi connectivity index (χ1v) is 10.7. The molecule has 10 heteroatoms. The van der Waals surface area contributed by atoms with Crippen molar-refractivity contribution in [1.82, 2.24) is 10.7 Å². The van der Waals surface area contributed by atoms with Crippen molar-refractivity contribution in [3.63, 3.8) is 0 Å². The van der Waals surface area contributed by atoms with E-state index in [1.54, 1.807) is 48.5 Å². The molecule has 0 unspecified atom stereocenters. The molecule has 2 aromatic carbocycles. The molecule has 0 bridgehead atoms. The van der Waals surface area contributed by atoms with Crippen LogP contribution in [0.5, 0.6) is 5.75 Å². The summed E-state index contributed by atoms with van der Waals surface area (Å²) in [5, 5.41) is 9.46. The molecule has 0 saturated carbocycles. The topological polar surface area (TPSA) is 118 Å². The fourth-order valence-corrected chi connectivity index (χ4v) is 2.68. The lowest BCUT2D eigenvalue weighted by Gasteiger charge is -2.08. The minimum Gasteiger partial charge on any atom is -0.484 e. The molecule has 0 saturated heterocycles. The van der Waals surface area contributed by atoms with Crippen LogP contribution < -0.4 is 20.8 Å². The van der Waals surface area contributed by atoms with Crippen LogP contribution in [0, 0.1) is 0 Å². The van der Waals surface area contributed by atoms with Crippen molar-refractivity contribution in [2.45, 2.75) is 26.4 Å². The summed E-state index contributed by atoms with van der Waals surface area (Å²) in [5.41, 5.74) is 3.34. The highest BCUT2D eigenvalue weighted by molar-refractivity contribution is 6.35. The van der Waals surface area contributed by atoms with Crippen LogP contribution in [-0.4, -0.2) is 49.8 Å². The molecule has 3 N–H and O–H groups in total. The van der Waals surface area contributed by atoms with Gasteiger partial charge in [-0.25, -0.2) is 5.43 Å². The van der Waals surface area contributed by atoms with E-state index in [9.17, 15) is 14.4 Å². The minimum absolute atomic E-state index is 0.119. The molecule has 0 aliphatic rings. The average molecular weight is 475 g/mol. The zero-order chi connectivity index (χ0) is 24.1. The van der Waals surface area contributed by atoms with Crippen LogP contribution in [0.25, 0.3) is 0 Å². The summed E-state index contributed by atoms with van der Waals surface area (Å²) in [6.45, 7) is 4.47. The Bertz CT molecular complexity index is 981. The van der Waals surface area contributed by atoms with Gasteiger partial charge in [-0.1, -0.05) is 29.8 Å². The van der Waals surface area contributed by atoms with Crippen LogP contribution in [0.4, 0.5) is 5.69 Å². The van der Waals surface area contributed by atoms with Gasteiger partial charge in [0.15, 0.2) is 6.61 Å². The lowest BCUT2D eigenvalue weighted by Crippen LogP contribution is -2.38. The SMILES string of the molecule is CC(C)OCCCNC(=O)C(=O)N/N=C\c1cccc(OCC(=O)Nc2cccc(Cl)c2)c1. The molecule has 33 heavy (non-hydrogen) atoms. The van der Waals surface area contributed by atoms with Crippen molar-refractivity contribution in [3.8, 4) is 5.75 Å². The molecule has 9 nitrogen and oxygen atoms in total. The van der Waals surface area contributed by atoms with E-state index in [1.165, 1.54) is 6.21 Å². The number of benzene rings is 2. The average Bonchev–Trinajstić information content (AvgIpc) is 2.77. The first-order chi connectivity index (χ1) is 15.8. The normalized spacial score (nSPS) is 10.8. The summed E-state index contributed by atoms with van der Waals surface area (Å²) in [5.74, 6) is -1.56. The van der Waals surface area contributed by atoms with E-state index in [-0.39, 0.29) is 18.6 Å². The highest BCUT2D eigenvalue weighted by atomic mass is 35.5. The zero-order valence-electron chi connectivity index (χ0n) is 18.5. The third kappa shape index (κ3) is 10.6. The van der Waals surface area contributed by atoms with Gasteiger partial charge in [0.25, 0.3) is 5.91 Å². The van der Waals surface area contributed by atoms with Crippen molar-refractivity contribution in [1.29, 1.82) is 0 Å². The maximum atomic E-state index is 12.0. The Morgan fingerprint density at radius 1 is 1.09 bits per heavy atom. The molecule has 0 aromatic heterocycles. The van der Waals surface area contributed by atoms with Gasteiger partial charge < -0.3 is 20.1 Å². The van der Waals surface area contributed by atoms with Crippen LogP contribution in [0.3, 0.4) is 0 Å². The van der Waals surface area contributed by atoms with Gasteiger partial charge in [0.05, 0.1) is 12.3 Å². The van der Waals surface area contributed by atoms with Gasteiger partial charge in [-0.3, -0.25) is 14.4 Å². The highest BCUT2D eigenvalue weighted by Gasteiger charge is 2.11. The number of carbonyl (C=O) groups is 3. The van der Waals surface area contributed by atoms with Crippen molar-refractivity contribution in [2.75, 3.05) is 25.1 Å². The Hall–Kier alpha value is -3.43. The van der Waals surface area contributed by atoms with Crippen LogP contribution in [0.1, 0.15) is 25.8 Å². The molecule has 0 spiro atoms. The van der Waals surface area contributed by atoms with Crippen LogP contribution in [-0.2, 0) is 19.1 Å². The molecule has 0 radical (unpaired) electrons. The van der Waals surface area contributed by atoms with Gasteiger partial charge in [-0.2, -0.15) is 5.10 Å². The number of hydrogen-bond donors (Lipinski definition) is 3. The van der Waals surface area contributed by atoms with Gasteiger partial charge in [-0.15, -0.1) is 0 Å². The molecule has 2 rings (SSSR count). The Labute approximate surface area is 197 Å². The molecule has 176 valence electrons. The number of nitrogens with zero attached hydrogens (tertiary/aromatic N) is 1. The third-order valence-electron chi connectivity index (χ3n) is 3.98. The Morgan fingerprint density at radius 2 is 1.88 bits per heavy atom. The predicted molar refractivity (Wildman–Crippen MR) is 126 cm³/mol. The highest BCUT2D eigenvalue weighted by Crippen LogP contribution is 2.15. The molecule has 0 heterocycles. The van der Waals surface area contributed by atoms with E-state index in [0.717, 1.165) is 0 Å². The molecular weight excluding hydrogens is 448 g/mol. The van der Waals surface area contributed by atoms with E-state index in [0.29, 0.717) is 41.6 Å². The summed E-state index contributed by atoms with van der Waals surface area (Å²) >= 11 is 5.89. The van der Waals surface area contributed by atoms with Gasteiger partial charge in [-0.05, 0) is 56.2 Å². The maximum absolute atomic E-state index is 12.0. The van der Waals surface area contributed by atoms with Gasteiger partial charge in [0, 0.05) is 23.9 Å². The lowest BCUT2D eigenvalue weighted by molar-refractivity contribution is -0.139. The van der Waals surface area contributed by atoms with E-state index < -0.39 is 11.8 Å². The van der Waals surface area contributed by atoms with Crippen molar-refractivity contribution >= 4 is 41.2 Å². The molecule has 0 fully saturated rings. The third-order valence-corrected chi connectivity index (χ3v) is 4.22. The number of nitrogens with one attached hydrogen (secondary N) is 3. The number of rotatable bonds is 11. The number of halogens is 1. The second kappa shape index (κ2) is 13.9. The first-order valence-electron chi connectivity index (χ1n) is 10.3. The summed E-state index contributed by atoms with van der Waals surface area (Å²) in [4.78, 5) is 35.5. The molecule has 2 aromatic rings. The molecule has 0 aliphatic heterocycles. The van der Waals surface area contributed by atoms with Crippen molar-refractivity contribution in [3.05, 3.63) is 59.1 Å². The smallest absolute Gasteiger partial charge is 0.329 e. The fraction of sp³-hybridized carbons (Fsp3) is 0.304. The molecule has 0 aliphatic carbocycles. The van der Waals surface area contributed by atoms with Gasteiger partial charge in [0.1, 0.15) is 5.75 Å². The summed E-state index contributed by atoms with van der Waals surface area (Å²) < 4.78 is 10.8. The van der Waals surface area contributed by atoms with E-state index >= 15 is 0 Å². The van der Waals surface area contributed by atoms with E-state index in [1.807, 2.05) is 13.8 Å². The second-order valence-electron chi connectivity index (χ2n) is 7.15. The number of ether oxygens (including phenoxy) is 2. The number of amides is 3. The Kier molecular flexibility index (Phi) is 10.9. The lowest BCUT2D eigenvalue weighted by atomic mass is 10.2. The molecule has 3 amide bonds. The monoisotopic (exact) mass is 474 g/mol. The summed E-state index contributed by atoms with van der Waals surface area (Å²) in [6, 6.07) is 13.5. The zero-order valence-corrected chi connectivity index (χ0v) is 19.2. The quantitative estimate of drug-likeness (QED) is 0.200. The number of carbonyl (C=O) groups excluding carboxylic acids is 3. The summed E-state index contributed by atoms with van der Waals surface area (Å²) in [6.07, 6.45) is 2.08. The standard InChI is InChI=1S/C23H27ClN4O5/c1-16(2)32-11-5-10-25-22(30)23(31)28-26-14-17-6-3-9-20(12-17)33-15-21(29)27-19-8-4-7-18(24)13-19/h3-4,6-9,12-14,16H,5,10-11,15H2,1-2H3,(H,25,30)(H,27,29)(H,28,31)/b26-14-. The number of hydrogen-bond acceptors (Lipinski definition) is 6. The largest absolute Gasteiger partial charge is 0.484 e. The Morgan fingerprint density at radius 3 is 2.64 bits per heavy atom.